The molecule has 6 nitrogen and oxygen atoms in total. The van der Waals surface area contributed by atoms with Gasteiger partial charge in [0.1, 0.15) is 5.69 Å². The highest BCUT2D eigenvalue weighted by atomic mass is 16.5. The lowest BCUT2D eigenvalue weighted by Gasteiger charge is -2.30. The van der Waals surface area contributed by atoms with Crippen molar-refractivity contribution in [2.75, 3.05) is 48.4 Å². The van der Waals surface area contributed by atoms with Gasteiger partial charge >= 0.3 is 0 Å². The molecular formula is C20H26N4O2. The number of hydrogen-bond acceptors (Lipinski definition) is 5. The summed E-state index contributed by atoms with van der Waals surface area (Å²) in [6, 6.07) is 11.5. The molecule has 0 spiro atoms. The summed E-state index contributed by atoms with van der Waals surface area (Å²) in [6.45, 7) is 8.22. The fraction of sp³-hybridized carbons (Fsp3) is 0.400. The quantitative estimate of drug-likeness (QED) is 0.834. The van der Waals surface area contributed by atoms with Crippen molar-refractivity contribution in [3.05, 3.63) is 48.3 Å². The number of benzene rings is 1. The van der Waals surface area contributed by atoms with Gasteiger partial charge in [-0.15, -0.1) is 0 Å². The van der Waals surface area contributed by atoms with Gasteiger partial charge in [0.15, 0.2) is 0 Å². The van der Waals surface area contributed by atoms with Crippen molar-refractivity contribution in [2.24, 2.45) is 5.92 Å². The first-order chi connectivity index (χ1) is 12.6. The maximum absolute atomic E-state index is 12.6. The minimum absolute atomic E-state index is 0.207. The molecule has 2 heterocycles. The fourth-order valence-corrected chi connectivity index (χ4v) is 2.80. The van der Waals surface area contributed by atoms with Crippen molar-refractivity contribution in [3.63, 3.8) is 0 Å². The van der Waals surface area contributed by atoms with Gasteiger partial charge in [-0.2, -0.15) is 0 Å². The Morgan fingerprint density at radius 2 is 1.96 bits per heavy atom. The van der Waals surface area contributed by atoms with E-state index >= 15 is 0 Å². The van der Waals surface area contributed by atoms with Crippen LogP contribution in [0.5, 0.6) is 0 Å². The van der Waals surface area contributed by atoms with Crippen LogP contribution in [0.15, 0.2) is 42.6 Å². The Bertz CT molecular complexity index is 725. The molecule has 2 N–H and O–H groups in total. The predicted octanol–water partition coefficient (Wildman–Crippen LogP) is 3.24. The number of anilines is 3. The van der Waals surface area contributed by atoms with Crippen LogP contribution in [0, 0.1) is 5.92 Å². The van der Waals surface area contributed by atoms with Crippen LogP contribution in [0.2, 0.25) is 0 Å². The lowest BCUT2D eigenvalue weighted by molar-refractivity contribution is 0.102. The molecule has 1 aromatic heterocycles. The van der Waals surface area contributed by atoms with Gasteiger partial charge in [-0.05, 0) is 30.2 Å². The van der Waals surface area contributed by atoms with E-state index in [1.807, 2.05) is 30.3 Å². The summed E-state index contributed by atoms with van der Waals surface area (Å²) in [6.07, 6.45) is 1.70. The first-order valence-electron chi connectivity index (χ1n) is 9.06. The topological polar surface area (TPSA) is 66.5 Å². The molecule has 0 atom stereocenters. The molecule has 0 aliphatic carbocycles. The van der Waals surface area contributed by atoms with Crippen molar-refractivity contribution in [1.82, 2.24) is 4.98 Å². The number of aromatic nitrogens is 1. The number of morpholine rings is 1. The van der Waals surface area contributed by atoms with E-state index in [2.05, 4.69) is 34.4 Å². The first kappa shape index (κ1) is 18.2. The van der Waals surface area contributed by atoms with E-state index in [0.717, 1.165) is 36.7 Å². The summed E-state index contributed by atoms with van der Waals surface area (Å²) >= 11 is 0. The zero-order valence-electron chi connectivity index (χ0n) is 15.4. The Hall–Kier alpha value is -2.60. The van der Waals surface area contributed by atoms with Crippen LogP contribution in [0.1, 0.15) is 24.3 Å². The Kier molecular flexibility index (Phi) is 6.07. The lowest BCUT2D eigenvalue weighted by Crippen LogP contribution is -2.36. The SMILES string of the molecule is CC(C)CNc1ccc(C(=O)Nc2ccccc2N2CCOCC2)nc1. The number of nitrogens with one attached hydrogen (secondary N) is 2. The average Bonchev–Trinajstić information content (AvgIpc) is 2.68. The Labute approximate surface area is 154 Å². The summed E-state index contributed by atoms with van der Waals surface area (Å²) in [5.74, 6) is 0.343. The Morgan fingerprint density at radius 1 is 1.19 bits per heavy atom. The molecule has 6 heteroatoms. The minimum Gasteiger partial charge on any atom is -0.384 e. The number of carbonyl (C=O) groups is 1. The monoisotopic (exact) mass is 354 g/mol. The normalized spacial score (nSPS) is 14.3. The molecule has 1 saturated heterocycles. The molecule has 1 aliphatic heterocycles. The van der Waals surface area contributed by atoms with Crippen molar-refractivity contribution in [3.8, 4) is 0 Å². The summed E-state index contributed by atoms with van der Waals surface area (Å²) in [5.41, 5.74) is 3.13. The van der Waals surface area contributed by atoms with E-state index < -0.39 is 0 Å². The molecule has 1 fully saturated rings. The van der Waals surface area contributed by atoms with Crippen LogP contribution in [0.25, 0.3) is 0 Å². The second kappa shape index (κ2) is 8.67. The van der Waals surface area contributed by atoms with Gasteiger partial charge < -0.3 is 20.3 Å². The number of nitrogens with zero attached hydrogens (tertiary/aromatic N) is 2. The van der Waals surface area contributed by atoms with Crippen molar-refractivity contribution in [2.45, 2.75) is 13.8 Å². The second-order valence-corrected chi connectivity index (χ2v) is 6.78. The number of rotatable bonds is 6. The third-order valence-corrected chi connectivity index (χ3v) is 4.21. The third-order valence-electron chi connectivity index (χ3n) is 4.21. The number of pyridine rings is 1. The summed E-state index contributed by atoms with van der Waals surface area (Å²) in [5, 5.41) is 6.29. The molecule has 0 radical (unpaired) electrons. The van der Waals surface area contributed by atoms with Gasteiger partial charge in [-0.3, -0.25) is 4.79 Å². The van der Waals surface area contributed by atoms with Crippen LogP contribution in [0.3, 0.4) is 0 Å². The molecule has 138 valence electrons. The number of para-hydroxylation sites is 2. The lowest BCUT2D eigenvalue weighted by atomic mass is 10.2. The van der Waals surface area contributed by atoms with Gasteiger partial charge in [-0.25, -0.2) is 4.98 Å². The van der Waals surface area contributed by atoms with Crippen LogP contribution >= 0.6 is 0 Å². The number of carbonyl (C=O) groups excluding carboxylic acids is 1. The summed E-state index contributed by atoms with van der Waals surface area (Å²) in [4.78, 5) is 19.1. The smallest absolute Gasteiger partial charge is 0.274 e. The van der Waals surface area contributed by atoms with Gasteiger partial charge in [0.25, 0.3) is 5.91 Å². The van der Waals surface area contributed by atoms with Crippen molar-refractivity contribution >= 4 is 23.0 Å². The van der Waals surface area contributed by atoms with E-state index in [4.69, 9.17) is 4.74 Å². The Balaban J connectivity index is 1.68. The zero-order chi connectivity index (χ0) is 18.4. The van der Waals surface area contributed by atoms with Crippen LogP contribution in [-0.4, -0.2) is 43.7 Å². The number of ether oxygens (including phenoxy) is 1. The number of hydrogen-bond donors (Lipinski definition) is 2. The molecule has 0 unspecified atom stereocenters. The molecule has 0 bridgehead atoms. The first-order valence-corrected chi connectivity index (χ1v) is 9.06. The highest BCUT2D eigenvalue weighted by molar-refractivity contribution is 6.04. The van der Waals surface area contributed by atoms with Crippen LogP contribution in [-0.2, 0) is 4.74 Å². The predicted molar refractivity (Wildman–Crippen MR) is 105 cm³/mol. The molecule has 26 heavy (non-hydrogen) atoms. The maximum atomic E-state index is 12.6. The van der Waals surface area contributed by atoms with Crippen LogP contribution in [0.4, 0.5) is 17.1 Å². The van der Waals surface area contributed by atoms with Crippen LogP contribution < -0.4 is 15.5 Å². The molecule has 1 aliphatic rings. The largest absolute Gasteiger partial charge is 0.384 e. The van der Waals surface area contributed by atoms with E-state index in [1.165, 1.54) is 0 Å². The summed E-state index contributed by atoms with van der Waals surface area (Å²) < 4.78 is 5.41. The van der Waals surface area contributed by atoms with E-state index in [-0.39, 0.29) is 5.91 Å². The Morgan fingerprint density at radius 3 is 2.65 bits per heavy atom. The highest BCUT2D eigenvalue weighted by Crippen LogP contribution is 2.26. The second-order valence-electron chi connectivity index (χ2n) is 6.78. The van der Waals surface area contributed by atoms with Gasteiger partial charge in [0.05, 0.1) is 36.5 Å². The van der Waals surface area contributed by atoms with Gasteiger partial charge in [0, 0.05) is 19.6 Å². The van der Waals surface area contributed by atoms with Crippen molar-refractivity contribution in [1.29, 1.82) is 0 Å². The van der Waals surface area contributed by atoms with Crippen molar-refractivity contribution < 1.29 is 9.53 Å². The average molecular weight is 354 g/mol. The zero-order valence-corrected chi connectivity index (χ0v) is 15.4. The molecule has 1 aromatic carbocycles. The summed E-state index contributed by atoms with van der Waals surface area (Å²) in [7, 11) is 0. The molecule has 1 amide bonds. The molecule has 2 aromatic rings. The number of amides is 1. The molecular weight excluding hydrogens is 328 g/mol. The van der Waals surface area contributed by atoms with E-state index in [1.54, 1.807) is 12.3 Å². The highest BCUT2D eigenvalue weighted by Gasteiger charge is 2.16. The van der Waals surface area contributed by atoms with Gasteiger partial charge in [-0.1, -0.05) is 26.0 Å². The standard InChI is InChI=1S/C20H26N4O2/c1-15(2)13-21-16-7-8-18(22-14-16)20(25)23-17-5-3-4-6-19(17)24-9-11-26-12-10-24/h3-8,14-15,21H,9-13H2,1-2H3,(H,23,25). The maximum Gasteiger partial charge on any atom is 0.274 e. The third kappa shape index (κ3) is 4.73. The minimum atomic E-state index is -0.207. The van der Waals surface area contributed by atoms with E-state index in [9.17, 15) is 4.79 Å². The molecule has 0 saturated carbocycles. The van der Waals surface area contributed by atoms with Gasteiger partial charge in [0.2, 0.25) is 0 Å². The van der Waals surface area contributed by atoms with E-state index in [0.29, 0.717) is 24.8 Å². The fourth-order valence-electron chi connectivity index (χ4n) is 2.80. The molecule has 3 rings (SSSR count).